The van der Waals surface area contributed by atoms with Gasteiger partial charge in [0.15, 0.2) is 0 Å². The fourth-order valence-electron chi connectivity index (χ4n) is 2.05. The van der Waals surface area contributed by atoms with Crippen LogP contribution in [0.4, 0.5) is 0 Å². The van der Waals surface area contributed by atoms with Crippen molar-refractivity contribution in [2.45, 2.75) is 37.3 Å². The van der Waals surface area contributed by atoms with Crippen LogP contribution in [-0.2, 0) is 16.6 Å². The number of methoxy groups -OCH3 is 1. The van der Waals surface area contributed by atoms with Crippen LogP contribution >= 0.6 is 0 Å². The average molecular weight is 285 g/mol. The van der Waals surface area contributed by atoms with Crippen LogP contribution in [0.15, 0.2) is 23.1 Å². The highest BCUT2D eigenvalue weighted by Crippen LogP contribution is 2.33. The van der Waals surface area contributed by atoms with Crippen LogP contribution in [0.25, 0.3) is 0 Å². The molecule has 1 aromatic rings. The second kappa shape index (κ2) is 5.48. The Bertz CT molecular complexity index is 552. The summed E-state index contributed by atoms with van der Waals surface area (Å²) in [5, 5.41) is 9.22. The Balaban J connectivity index is 2.24. The fourth-order valence-corrected chi connectivity index (χ4v) is 3.41. The van der Waals surface area contributed by atoms with Gasteiger partial charge in [0.25, 0.3) is 0 Å². The quantitative estimate of drug-likeness (QED) is 0.825. The zero-order valence-electron chi connectivity index (χ0n) is 11.1. The molecule has 0 radical (unpaired) electrons. The molecule has 2 rings (SSSR count). The Morgan fingerprint density at radius 2 is 2.16 bits per heavy atom. The Labute approximate surface area is 113 Å². The van der Waals surface area contributed by atoms with E-state index in [9.17, 15) is 13.5 Å². The van der Waals surface area contributed by atoms with Gasteiger partial charge < -0.3 is 9.84 Å². The number of hydrogen-bond acceptors (Lipinski definition) is 4. The lowest BCUT2D eigenvalue weighted by atomic mass is 10.2. The van der Waals surface area contributed by atoms with E-state index >= 15 is 0 Å². The molecule has 19 heavy (non-hydrogen) atoms. The maximum absolute atomic E-state index is 12.2. The van der Waals surface area contributed by atoms with E-state index in [0.29, 0.717) is 17.2 Å². The van der Waals surface area contributed by atoms with Crippen LogP contribution in [0, 0.1) is 5.92 Å². The van der Waals surface area contributed by atoms with E-state index in [1.807, 2.05) is 6.92 Å². The predicted octanol–water partition coefficient (Wildman–Crippen LogP) is 1.26. The van der Waals surface area contributed by atoms with E-state index in [-0.39, 0.29) is 17.5 Å². The third-order valence-corrected chi connectivity index (χ3v) is 4.96. The average Bonchev–Trinajstić information content (AvgIpc) is 3.21. The lowest BCUT2D eigenvalue weighted by molar-refractivity contribution is 0.273. The second-order valence-corrected chi connectivity index (χ2v) is 6.59. The normalized spacial score (nSPS) is 17.2. The maximum Gasteiger partial charge on any atom is 0.240 e. The van der Waals surface area contributed by atoms with Crippen molar-refractivity contribution >= 4 is 10.0 Å². The van der Waals surface area contributed by atoms with Crippen LogP contribution < -0.4 is 9.46 Å². The van der Waals surface area contributed by atoms with Gasteiger partial charge in [0.05, 0.1) is 18.6 Å². The Hall–Kier alpha value is -1.11. The number of rotatable bonds is 6. The smallest absolute Gasteiger partial charge is 0.240 e. The van der Waals surface area contributed by atoms with E-state index in [1.165, 1.54) is 19.2 Å². The summed E-state index contributed by atoms with van der Waals surface area (Å²) < 4.78 is 32.1. The van der Waals surface area contributed by atoms with Gasteiger partial charge in [-0.25, -0.2) is 13.1 Å². The third kappa shape index (κ3) is 3.26. The molecule has 1 fully saturated rings. The van der Waals surface area contributed by atoms with Gasteiger partial charge in [0.2, 0.25) is 10.0 Å². The van der Waals surface area contributed by atoms with Crippen LogP contribution in [-0.4, -0.2) is 26.7 Å². The predicted molar refractivity (Wildman–Crippen MR) is 71.4 cm³/mol. The van der Waals surface area contributed by atoms with Gasteiger partial charge in [-0.2, -0.15) is 0 Å². The molecule has 1 unspecified atom stereocenters. The lowest BCUT2D eigenvalue weighted by Gasteiger charge is -2.14. The minimum Gasteiger partial charge on any atom is -0.496 e. The minimum atomic E-state index is -3.54. The van der Waals surface area contributed by atoms with Crippen LogP contribution in [0.2, 0.25) is 0 Å². The second-order valence-electron chi connectivity index (χ2n) is 4.88. The number of aliphatic hydroxyl groups is 1. The van der Waals surface area contributed by atoms with Crippen molar-refractivity contribution in [1.29, 1.82) is 0 Å². The van der Waals surface area contributed by atoms with Crippen molar-refractivity contribution in [3.63, 3.8) is 0 Å². The zero-order valence-corrected chi connectivity index (χ0v) is 11.9. The third-order valence-electron chi connectivity index (χ3n) is 3.40. The number of hydrogen-bond donors (Lipinski definition) is 2. The lowest BCUT2D eigenvalue weighted by Crippen LogP contribution is -2.34. The van der Waals surface area contributed by atoms with Crippen LogP contribution in [0.3, 0.4) is 0 Å². The number of nitrogens with one attached hydrogen (secondary N) is 1. The van der Waals surface area contributed by atoms with Gasteiger partial charge in [-0.05, 0) is 43.9 Å². The molecule has 1 atom stereocenters. The maximum atomic E-state index is 12.2. The molecule has 0 amide bonds. The summed E-state index contributed by atoms with van der Waals surface area (Å²) in [5.74, 6) is 0.932. The highest BCUT2D eigenvalue weighted by atomic mass is 32.2. The number of ether oxygens (including phenoxy) is 1. The standard InChI is InChI=1S/C13H19NO4S/c1-9(10-3-4-10)14-19(16,17)12-5-6-13(18-2)11(7-12)8-15/h5-7,9-10,14-15H,3-4,8H2,1-2H3. The first kappa shape index (κ1) is 14.3. The first-order valence-electron chi connectivity index (χ1n) is 6.28. The molecule has 5 nitrogen and oxygen atoms in total. The highest BCUT2D eigenvalue weighted by molar-refractivity contribution is 7.89. The molecule has 6 heteroatoms. The SMILES string of the molecule is COc1ccc(S(=O)(=O)NC(C)C2CC2)cc1CO. The summed E-state index contributed by atoms with van der Waals surface area (Å²) in [7, 11) is -2.06. The zero-order chi connectivity index (χ0) is 14.0. The van der Waals surface area contributed by atoms with E-state index < -0.39 is 10.0 Å². The molecule has 0 bridgehead atoms. The number of benzene rings is 1. The van der Waals surface area contributed by atoms with E-state index in [4.69, 9.17) is 4.74 Å². The summed E-state index contributed by atoms with van der Waals surface area (Å²) in [6.45, 7) is 1.62. The molecule has 1 aliphatic rings. The molecule has 1 saturated carbocycles. The molecule has 1 aromatic carbocycles. The molecule has 0 saturated heterocycles. The van der Waals surface area contributed by atoms with Gasteiger partial charge >= 0.3 is 0 Å². The van der Waals surface area contributed by atoms with Crippen molar-refractivity contribution in [3.8, 4) is 5.75 Å². The molecule has 0 spiro atoms. The first-order valence-corrected chi connectivity index (χ1v) is 7.76. The van der Waals surface area contributed by atoms with Crippen LogP contribution in [0.1, 0.15) is 25.3 Å². The van der Waals surface area contributed by atoms with Gasteiger partial charge in [-0.1, -0.05) is 0 Å². The molecule has 0 aromatic heterocycles. The summed E-state index contributed by atoms with van der Waals surface area (Å²) in [6.07, 6.45) is 2.16. The molecule has 0 aliphatic heterocycles. The van der Waals surface area contributed by atoms with E-state index in [1.54, 1.807) is 6.07 Å². The van der Waals surface area contributed by atoms with Crippen LogP contribution in [0.5, 0.6) is 5.75 Å². The van der Waals surface area contributed by atoms with E-state index in [2.05, 4.69) is 4.72 Å². The highest BCUT2D eigenvalue weighted by Gasteiger charge is 2.31. The van der Waals surface area contributed by atoms with Gasteiger partial charge in [-0.15, -0.1) is 0 Å². The molecule has 2 N–H and O–H groups in total. The number of aliphatic hydroxyl groups excluding tert-OH is 1. The largest absolute Gasteiger partial charge is 0.496 e. The molecule has 1 aliphatic carbocycles. The molecular formula is C13H19NO4S. The summed E-state index contributed by atoms with van der Waals surface area (Å²) in [6, 6.07) is 4.44. The van der Waals surface area contributed by atoms with Crippen molar-refractivity contribution in [2.24, 2.45) is 5.92 Å². The monoisotopic (exact) mass is 285 g/mol. The van der Waals surface area contributed by atoms with Crippen molar-refractivity contribution in [3.05, 3.63) is 23.8 Å². The van der Waals surface area contributed by atoms with Crippen molar-refractivity contribution < 1.29 is 18.3 Å². The summed E-state index contributed by atoms with van der Waals surface area (Å²) >= 11 is 0. The van der Waals surface area contributed by atoms with E-state index in [0.717, 1.165) is 12.8 Å². The van der Waals surface area contributed by atoms with Gasteiger partial charge in [-0.3, -0.25) is 0 Å². The fraction of sp³-hybridized carbons (Fsp3) is 0.538. The topological polar surface area (TPSA) is 75.6 Å². The van der Waals surface area contributed by atoms with Crippen molar-refractivity contribution in [1.82, 2.24) is 4.72 Å². The number of sulfonamides is 1. The first-order chi connectivity index (χ1) is 8.97. The Morgan fingerprint density at radius 3 is 2.68 bits per heavy atom. The summed E-state index contributed by atoms with van der Waals surface area (Å²) in [4.78, 5) is 0.157. The van der Waals surface area contributed by atoms with Gasteiger partial charge in [0, 0.05) is 11.6 Å². The molecular weight excluding hydrogens is 266 g/mol. The molecule has 106 valence electrons. The van der Waals surface area contributed by atoms with Gasteiger partial charge in [0.1, 0.15) is 5.75 Å². The Morgan fingerprint density at radius 1 is 1.47 bits per heavy atom. The molecule has 0 heterocycles. The summed E-state index contributed by atoms with van der Waals surface area (Å²) in [5.41, 5.74) is 0.462. The minimum absolute atomic E-state index is 0.0512. The Kier molecular flexibility index (Phi) is 4.13. The van der Waals surface area contributed by atoms with Crippen molar-refractivity contribution in [2.75, 3.05) is 7.11 Å².